The zero-order valence-corrected chi connectivity index (χ0v) is 30.6. The fourth-order valence-electron chi connectivity index (χ4n) is 8.21. The summed E-state index contributed by atoms with van der Waals surface area (Å²) in [5.74, 6) is 0. The summed E-state index contributed by atoms with van der Waals surface area (Å²) in [6, 6.07) is 72.2. The van der Waals surface area contributed by atoms with Crippen LogP contribution in [-0.2, 0) is 0 Å². The van der Waals surface area contributed by atoms with Crippen LogP contribution in [0.5, 0.6) is 0 Å². The lowest BCUT2D eigenvalue weighted by molar-refractivity contribution is 0.670. The number of rotatable bonds is 6. The second kappa shape index (κ2) is 12.9. The van der Waals surface area contributed by atoms with Crippen LogP contribution in [0, 0.1) is 0 Å². The smallest absolute Gasteiger partial charge is 0.143 e. The zero-order chi connectivity index (χ0) is 36.3. The Morgan fingerprint density at radius 3 is 1.76 bits per heavy atom. The predicted octanol–water partition coefficient (Wildman–Crippen LogP) is 15.6. The first-order valence-electron chi connectivity index (χ1n) is 18.7. The van der Waals surface area contributed by atoms with E-state index in [0.29, 0.717) is 0 Å². The van der Waals surface area contributed by atoms with Gasteiger partial charge < -0.3 is 9.32 Å². The molecule has 9 aromatic carbocycles. The molecule has 0 radical (unpaired) electrons. The van der Waals surface area contributed by atoms with Crippen molar-refractivity contribution >= 4 is 81.3 Å². The van der Waals surface area contributed by atoms with E-state index in [0.717, 1.165) is 50.1 Å². The lowest BCUT2D eigenvalue weighted by atomic mass is 9.98. The van der Waals surface area contributed by atoms with E-state index in [1.165, 1.54) is 53.2 Å². The molecule has 0 aliphatic heterocycles. The summed E-state index contributed by atoms with van der Waals surface area (Å²) in [5, 5.41) is 7.39. The van der Waals surface area contributed by atoms with Crippen molar-refractivity contribution in [2.24, 2.45) is 0 Å². The molecule has 0 aliphatic rings. The monoisotopic (exact) mass is 719 g/mol. The number of para-hydroxylation sites is 2. The van der Waals surface area contributed by atoms with Crippen molar-refractivity contribution in [1.29, 1.82) is 0 Å². The van der Waals surface area contributed by atoms with Gasteiger partial charge in [-0.05, 0) is 99.3 Å². The average Bonchev–Trinajstić information content (AvgIpc) is 3.83. The zero-order valence-electron chi connectivity index (χ0n) is 29.8. The number of thiophene rings is 1. The summed E-state index contributed by atoms with van der Waals surface area (Å²) >= 11 is 1.85. The van der Waals surface area contributed by atoms with E-state index in [1.807, 2.05) is 23.5 Å². The summed E-state index contributed by atoms with van der Waals surface area (Å²) in [7, 11) is 0. The van der Waals surface area contributed by atoms with Gasteiger partial charge in [-0.3, -0.25) is 0 Å². The second-order valence-corrected chi connectivity index (χ2v) is 15.2. The van der Waals surface area contributed by atoms with Crippen LogP contribution in [0.3, 0.4) is 0 Å². The first-order valence-corrected chi connectivity index (χ1v) is 19.5. The molecule has 0 aliphatic carbocycles. The molecule has 0 fully saturated rings. The molecule has 2 nitrogen and oxygen atoms in total. The summed E-state index contributed by atoms with van der Waals surface area (Å²) in [6.45, 7) is 0. The maximum Gasteiger partial charge on any atom is 0.143 e. The Kier molecular flexibility index (Phi) is 7.39. The first-order chi connectivity index (χ1) is 27.2. The van der Waals surface area contributed by atoms with Gasteiger partial charge in [-0.2, -0.15) is 0 Å². The van der Waals surface area contributed by atoms with Gasteiger partial charge in [-0.1, -0.05) is 140 Å². The van der Waals surface area contributed by atoms with Crippen LogP contribution in [0.15, 0.2) is 205 Å². The van der Waals surface area contributed by atoms with Crippen molar-refractivity contribution in [2.45, 2.75) is 0 Å². The van der Waals surface area contributed by atoms with Crippen molar-refractivity contribution in [2.75, 3.05) is 4.90 Å². The van der Waals surface area contributed by atoms with E-state index < -0.39 is 0 Å². The number of anilines is 3. The highest BCUT2D eigenvalue weighted by molar-refractivity contribution is 7.25. The van der Waals surface area contributed by atoms with Gasteiger partial charge in [0, 0.05) is 53.6 Å². The fraction of sp³-hybridized carbons (Fsp3) is 0. The van der Waals surface area contributed by atoms with E-state index >= 15 is 0 Å². The molecule has 0 unspecified atom stereocenters. The number of nitrogens with zero attached hydrogens (tertiary/aromatic N) is 1. The van der Waals surface area contributed by atoms with Crippen LogP contribution < -0.4 is 4.90 Å². The van der Waals surface area contributed by atoms with Crippen LogP contribution >= 0.6 is 11.3 Å². The van der Waals surface area contributed by atoms with Gasteiger partial charge in [0.05, 0.1) is 0 Å². The number of hydrogen-bond donors (Lipinski definition) is 0. The lowest BCUT2D eigenvalue weighted by Gasteiger charge is -2.26. The summed E-state index contributed by atoms with van der Waals surface area (Å²) < 4.78 is 9.05. The first kappa shape index (κ1) is 31.6. The van der Waals surface area contributed by atoms with Crippen molar-refractivity contribution in [3.63, 3.8) is 0 Å². The number of fused-ring (bicyclic) bond motifs is 7. The summed E-state index contributed by atoms with van der Waals surface area (Å²) in [6.07, 6.45) is 0. The number of hydrogen-bond acceptors (Lipinski definition) is 3. The molecule has 0 N–H and O–H groups in total. The molecule has 55 heavy (non-hydrogen) atoms. The molecule has 0 saturated heterocycles. The molecule has 0 saturated carbocycles. The number of benzene rings is 9. The third-order valence-corrected chi connectivity index (χ3v) is 12.0. The molecule has 11 rings (SSSR count). The normalized spacial score (nSPS) is 11.6. The Hall–Kier alpha value is -6.94. The van der Waals surface area contributed by atoms with E-state index in [9.17, 15) is 0 Å². The Bertz CT molecular complexity index is 3200. The van der Waals surface area contributed by atoms with Crippen molar-refractivity contribution in [3.05, 3.63) is 200 Å². The van der Waals surface area contributed by atoms with E-state index in [2.05, 4.69) is 193 Å². The lowest BCUT2D eigenvalue weighted by Crippen LogP contribution is -2.10. The van der Waals surface area contributed by atoms with Crippen LogP contribution in [-0.4, -0.2) is 0 Å². The number of furan rings is 1. The summed E-state index contributed by atoms with van der Waals surface area (Å²) in [5.41, 5.74) is 12.1. The fourth-order valence-corrected chi connectivity index (χ4v) is 9.30. The van der Waals surface area contributed by atoms with Crippen LogP contribution in [0.25, 0.3) is 86.3 Å². The van der Waals surface area contributed by atoms with Crippen molar-refractivity contribution in [3.8, 4) is 33.4 Å². The molecule has 11 aromatic rings. The van der Waals surface area contributed by atoms with Crippen LogP contribution in [0.4, 0.5) is 17.1 Å². The molecular weight excluding hydrogens is 687 g/mol. The molecule has 0 atom stereocenters. The molecular formula is C52H33NOS. The van der Waals surface area contributed by atoms with Crippen LogP contribution in [0.2, 0.25) is 0 Å². The minimum Gasteiger partial charge on any atom is -0.455 e. The summed E-state index contributed by atoms with van der Waals surface area (Å²) in [4.78, 5) is 2.36. The molecule has 2 heterocycles. The minimum absolute atomic E-state index is 0.908. The van der Waals surface area contributed by atoms with Gasteiger partial charge in [0.15, 0.2) is 0 Å². The van der Waals surface area contributed by atoms with E-state index in [1.54, 1.807) is 0 Å². The maximum atomic E-state index is 6.42. The molecule has 258 valence electrons. The largest absolute Gasteiger partial charge is 0.455 e. The van der Waals surface area contributed by atoms with Gasteiger partial charge in [-0.15, -0.1) is 11.3 Å². The van der Waals surface area contributed by atoms with Crippen molar-refractivity contribution < 1.29 is 4.42 Å². The topological polar surface area (TPSA) is 16.4 Å². The second-order valence-electron chi connectivity index (χ2n) is 14.1. The minimum atomic E-state index is 0.908. The molecule has 0 bridgehead atoms. The maximum absolute atomic E-state index is 6.42. The average molecular weight is 720 g/mol. The SMILES string of the molecule is c1cc(-c2ccc3sc4ccccc4c3c2)cc(N(c2ccc(-c3cccc4ccccc34)cc2)c2ccc(-c3cccc4c3oc3ccccc34)cc2)c1. The quantitative estimate of drug-likeness (QED) is 0.170. The third-order valence-electron chi connectivity index (χ3n) is 10.9. The van der Waals surface area contributed by atoms with Gasteiger partial charge in [0.1, 0.15) is 11.2 Å². The van der Waals surface area contributed by atoms with E-state index in [-0.39, 0.29) is 0 Å². The van der Waals surface area contributed by atoms with Gasteiger partial charge in [0.2, 0.25) is 0 Å². The van der Waals surface area contributed by atoms with Gasteiger partial charge in [-0.25, -0.2) is 0 Å². The van der Waals surface area contributed by atoms with Gasteiger partial charge in [0.25, 0.3) is 0 Å². The molecule has 0 spiro atoms. The van der Waals surface area contributed by atoms with E-state index in [4.69, 9.17) is 4.42 Å². The highest BCUT2D eigenvalue weighted by Gasteiger charge is 2.17. The highest BCUT2D eigenvalue weighted by Crippen LogP contribution is 2.42. The highest BCUT2D eigenvalue weighted by atomic mass is 32.1. The van der Waals surface area contributed by atoms with Gasteiger partial charge >= 0.3 is 0 Å². The Balaban J connectivity index is 1.03. The van der Waals surface area contributed by atoms with Crippen LogP contribution in [0.1, 0.15) is 0 Å². The molecule has 2 aromatic heterocycles. The Labute approximate surface area is 322 Å². The third kappa shape index (κ3) is 5.40. The Morgan fingerprint density at radius 1 is 0.345 bits per heavy atom. The standard InChI is InChI=1S/C52H33NOS/c1-2-14-42-34(10-1)11-8-17-43(42)35-22-27-39(28-23-35)53(40-29-24-36(25-30-40)44-18-9-19-47-45-15-3-5-20-49(45)54-52(44)47)41-13-7-12-37(32-41)38-26-31-51-48(33-38)46-16-4-6-21-50(46)55-51/h1-33H. The predicted molar refractivity (Wildman–Crippen MR) is 235 cm³/mol. The Morgan fingerprint density at radius 2 is 0.927 bits per heavy atom. The molecule has 3 heteroatoms. The van der Waals surface area contributed by atoms with Crippen molar-refractivity contribution in [1.82, 2.24) is 0 Å². The molecule has 0 amide bonds.